The van der Waals surface area contributed by atoms with Crippen molar-refractivity contribution in [3.63, 3.8) is 0 Å². The summed E-state index contributed by atoms with van der Waals surface area (Å²) in [5.74, 6) is 0.943. The summed E-state index contributed by atoms with van der Waals surface area (Å²) in [6.07, 6.45) is -5.17. The number of alkyl halides is 3. The Morgan fingerprint density at radius 2 is 1.74 bits per heavy atom. The highest BCUT2D eigenvalue weighted by Gasteiger charge is 2.34. The fourth-order valence-corrected chi connectivity index (χ4v) is 4.40. The van der Waals surface area contributed by atoms with E-state index < -0.39 is 17.8 Å². The number of amides is 3. The van der Waals surface area contributed by atoms with Gasteiger partial charge in [-0.3, -0.25) is 9.80 Å². The predicted octanol–water partition coefficient (Wildman–Crippen LogP) is 4.24. The Morgan fingerprint density at radius 3 is 2.34 bits per heavy atom. The van der Waals surface area contributed by atoms with E-state index in [0.29, 0.717) is 62.4 Å². The van der Waals surface area contributed by atoms with Crippen molar-refractivity contribution in [1.29, 1.82) is 0 Å². The Labute approximate surface area is 215 Å². The van der Waals surface area contributed by atoms with Gasteiger partial charge in [0.1, 0.15) is 6.10 Å². The number of cyclic esters (lactones) is 1. The number of rotatable bonds is 5. The number of halogens is 3. The molecule has 200 valence electrons. The van der Waals surface area contributed by atoms with Gasteiger partial charge in [-0.1, -0.05) is 5.16 Å². The first kappa shape index (κ1) is 25.5. The molecule has 1 N–H and O–H groups in total. The number of nitrogens with zero attached hydrogens (tertiary/aromatic N) is 5. The molecule has 13 heteroatoms. The SMILES string of the molecule is Cc1nc(-c2ccc(N3CC(CN4CCN(C(=O)Nc5ccc(C(F)(F)F)cc5)CC4)OC3=O)cc2)no1. The summed E-state index contributed by atoms with van der Waals surface area (Å²) in [6.45, 7) is 4.66. The number of urea groups is 1. The standard InChI is InChI=1S/C25H25F3N6O4/c1-16-29-22(31-38-16)17-2-8-20(9-3-17)34-15-21(37-24(34)36)14-32-10-12-33(13-11-32)23(35)30-19-6-4-18(5-7-19)25(26,27)28/h2-9,21H,10-15H2,1H3,(H,30,35). The minimum atomic E-state index is -4.43. The fraction of sp³-hybridized carbons (Fsp3) is 0.360. The highest BCUT2D eigenvalue weighted by molar-refractivity contribution is 5.90. The Morgan fingerprint density at radius 1 is 1.05 bits per heavy atom. The highest BCUT2D eigenvalue weighted by atomic mass is 19.4. The topological polar surface area (TPSA) is 104 Å². The second-order valence-electron chi connectivity index (χ2n) is 9.09. The number of hydrogen-bond acceptors (Lipinski definition) is 7. The second kappa shape index (κ2) is 10.3. The van der Waals surface area contributed by atoms with Gasteiger partial charge in [-0.05, 0) is 48.5 Å². The lowest BCUT2D eigenvalue weighted by Crippen LogP contribution is -2.51. The first-order chi connectivity index (χ1) is 18.2. The van der Waals surface area contributed by atoms with Crippen LogP contribution in [0.2, 0.25) is 0 Å². The largest absolute Gasteiger partial charge is 0.443 e. The smallest absolute Gasteiger partial charge is 0.416 e. The monoisotopic (exact) mass is 530 g/mol. The molecule has 1 unspecified atom stereocenters. The zero-order valence-electron chi connectivity index (χ0n) is 20.4. The molecule has 0 radical (unpaired) electrons. The molecule has 1 aromatic heterocycles. The summed E-state index contributed by atoms with van der Waals surface area (Å²) in [7, 11) is 0. The Balaban J connectivity index is 1.09. The van der Waals surface area contributed by atoms with Crippen molar-refractivity contribution in [3.8, 4) is 11.4 Å². The van der Waals surface area contributed by atoms with Gasteiger partial charge in [0.2, 0.25) is 11.7 Å². The van der Waals surface area contributed by atoms with Crippen LogP contribution in [-0.2, 0) is 10.9 Å². The third-order valence-corrected chi connectivity index (χ3v) is 6.42. The molecule has 0 bridgehead atoms. The molecular weight excluding hydrogens is 505 g/mol. The van der Waals surface area contributed by atoms with Crippen molar-refractivity contribution in [1.82, 2.24) is 19.9 Å². The molecule has 2 aromatic carbocycles. The minimum absolute atomic E-state index is 0.295. The van der Waals surface area contributed by atoms with E-state index in [9.17, 15) is 22.8 Å². The first-order valence-electron chi connectivity index (χ1n) is 12.0. The van der Waals surface area contributed by atoms with Crippen LogP contribution in [0.5, 0.6) is 0 Å². The molecule has 0 aliphatic carbocycles. The van der Waals surface area contributed by atoms with E-state index in [0.717, 1.165) is 17.7 Å². The van der Waals surface area contributed by atoms with Crippen molar-refractivity contribution in [3.05, 3.63) is 60.0 Å². The van der Waals surface area contributed by atoms with Crippen molar-refractivity contribution in [2.75, 3.05) is 49.5 Å². The quantitative estimate of drug-likeness (QED) is 0.526. The molecule has 3 aromatic rings. The van der Waals surface area contributed by atoms with Crippen LogP contribution in [0.25, 0.3) is 11.4 Å². The van der Waals surface area contributed by atoms with Gasteiger partial charge >= 0.3 is 18.3 Å². The van der Waals surface area contributed by atoms with Gasteiger partial charge in [0.15, 0.2) is 0 Å². The molecule has 0 spiro atoms. The van der Waals surface area contributed by atoms with Crippen LogP contribution >= 0.6 is 0 Å². The molecule has 2 fully saturated rings. The normalized spacial score (nSPS) is 18.5. The average molecular weight is 531 g/mol. The first-order valence-corrected chi connectivity index (χ1v) is 12.0. The van der Waals surface area contributed by atoms with Gasteiger partial charge in [0.05, 0.1) is 12.1 Å². The molecule has 2 aliphatic heterocycles. The van der Waals surface area contributed by atoms with Gasteiger partial charge in [0.25, 0.3) is 0 Å². The van der Waals surface area contributed by atoms with Crippen molar-refractivity contribution in [2.24, 2.45) is 0 Å². The molecule has 2 saturated heterocycles. The number of benzene rings is 2. The van der Waals surface area contributed by atoms with Crippen molar-refractivity contribution in [2.45, 2.75) is 19.2 Å². The van der Waals surface area contributed by atoms with Crippen LogP contribution in [0.4, 0.5) is 34.1 Å². The molecule has 10 nitrogen and oxygen atoms in total. The van der Waals surface area contributed by atoms with E-state index in [1.165, 1.54) is 12.1 Å². The average Bonchev–Trinajstić information content (AvgIpc) is 3.49. The van der Waals surface area contributed by atoms with E-state index in [4.69, 9.17) is 9.26 Å². The number of ether oxygens (including phenoxy) is 1. The summed E-state index contributed by atoms with van der Waals surface area (Å²) in [5, 5.41) is 6.53. The zero-order valence-corrected chi connectivity index (χ0v) is 20.4. The summed E-state index contributed by atoms with van der Waals surface area (Å²) in [5.41, 5.74) is 0.997. The molecule has 0 saturated carbocycles. The van der Waals surface area contributed by atoms with E-state index in [-0.39, 0.29) is 12.1 Å². The lowest BCUT2D eigenvalue weighted by molar-refractivity contribution is -0.137. The van der Waals surface area contributed by atoms with E-state index in [1.54, 1.807) is 28.9 Å². The Kier molecular flexibility index (Phi) is 6.93. The fourth-order valence-electron chi connectivity index (χ4n) is 4.40. The van der Waals surface area contributed by atoms with Crippen LogP contribution in [-0.4, -0.2) is 77.4 Å². The summed E-state index contributed by atoms with van der Waals surface area (Å²) in [6, 6.07) is 11.2. The van der Waals surface area contributed by atoms with Gasteiger partial charge in [-0.25, -0.2) is 9.59 Å². The predicted molar refractivity (Wildman–Crippen MR) is 131 cm³/mol. The molecule has 3 heterocycles. The minimum Gasteiger partial charge on any atom is -0.443 e. The van der Waals surface area contributed by atoms with Crippen LogP contribution in [0, 0.1) is 6.92 Å². The van der Waals surface area contributed by atoms with E-state index in [2.05, 4.69) is 20.4 Å². The second-order valence-corrected chi connectivity index (χ2v) is 9.09. The summed E-state index contributed by atoms with van der Waals surface area (Å²) in [4.78, 5) is 34.5. The van der Waals surface area contributed by atoms with Gasteiger partial charge in [0, 0.05) is 56.6 Å². The van der Waals surface area contributed by atoms with Crippen LogP contribution in [0.15, 0.2) is 53.1 Å². The van der Waals surface area contributed by atoms with Crippen LogP contribution in [0.1, 0.15) is 11.5 Å². The van der Waals surface area contributed by atoms with Gasteiger partial charge < -0.3 is 19.5 Å². The zero-order chi connectivity index (χ0) is 26.9. The maximum Gasteiger partial charge on any atom is 0.416 e. The number of anilines is 2. The number of aryl methyl sites for hydroxylation is 1. The summed E-state index contributed by atoms with van der Waals surface area (Å²) < 4.78 is 48.7. The van der Waals surface area contributed by atoms with Gasteiger partial charge in [-0.15, -0.1) is 0 Å². The maximum absolute atomic E-state index is 12.7. The number of aromatic nitrogens is 2. The van der Waals surface area contributed by atoms with Crippen molar-refractivity contribution >= 4 is 23.5 Å². The number of carbonyl (C=O) groups is 2. The molecule has 3 amide bonds. The number of piperazine rings is 1. The molecule has 5 rings (SSSR count). The lowest BCUT2D eigenvalue weighted by atomic mass is 10.2. The van der Waals surface area contributed by atoms with Crippen LogP contribution in [0.3, 0.4) is 0 Å². The number of carbonyl (C=O) groups excluding carboxylic acids is 2. The molecular formula is C25H25F3N6O4. The Bertz CT molecular complexity index is 1290. The highest BCUT2D eigenvalue weighted by Crippen LogP contribution is 2.30. The molecule has 38 heavy (non-hydrogen) atoms. The number of nitrogens with one attached hydrogen (secondary N) is 1. The molecule has 2 aliphatic rings. The van der Waals surface area contributed by atoms with E-state index >= 15 is 0 Å². The van der Waals surface area contributed by atoms with Gasteiger partial charge in [-0.2, -0.15) is 18.2 Å². The third-order valence-electron chi connectivity index (χ3n) is 6.42. The Hall–Kier alpha value is -4.13. The number of hydrogen-bond donors (Lipinski definition) is 1. The maximum atomic E-state index is 12.7. The van der Waals surface area contributed by atoms with Crippen LogP contribution < -0.4 is 10.2 Å². The lowest BCUT2D eigenvalue weighted by Gasteiger charge is -2.35. The molecule has 1 atom stereocenters. The summed E-state index contributed by atoms with van der Waals surface area (Å²) >= 11 is 0. The van der Waals surface area contributed by atoms with E-state index in [1.807, 2.05) is 12.1 Å². The van der Waals surface area contributed by atoms with Crippen molar-refractivity contribution < 1.29 is 32.0 Å². The third kappa shape index (κ3) is 5.72.